The zero-order valence-electron chi connectivity index (χ0n) is 21.3. The van der Waals surface area contributed by atoms with Gasteiger partial charge in [-0.05, 0) is 53.2 Å². The summed E-state index contributed by atoms with van der Waals surface area (Å²) < 4.78 is 26.8. The fourth-order valence-corrected chi connectivity index (χ4v) is 5.03. The molecule has 1 aliphatic rings. The third kappa shape index (κ3) is 4.97. The molecule has 4 aromatic rings. The van der Waals surface area contributed by atoms with Gasteiger partial charge in [0.2, 0.25) is 0 Å². The van der Waals surface area contributed by atoms with E-state index in [9.17, 15) is 4.79 Å². The summed E-state index contributed by atoms with van der Waals surface area (Å²) in [4.78, 5) is 11.6. The van der Waals surface area contributed by atoms with Gasteiger partial charge in [-0.1, -0.05) is 23.7 Å². The Hall–Kier alpha value is -3.89. The number of rotatable bonds is 9. The van der Waals surface area contributed by atoms with Gasteiger partial charge in [-0.25, -0.2) is 4.68 Å². The summed E-state index contributed by atoms with van der Waals surface area (Å²) in [5.74, 6) is 1.51. The lowest BCUT2D eigenvalue weighted by Crippen LogP contribution is -2.16. The molecule has 38 heavy (non-hydrogen) atoms. The lowest BCUT2D eigenvalue weighted by molar-refractivity contribution is -0.140. The number of tetrazole rings is 1. The van der Waals surface area contributed by atoms with Gasteiger partial charge in [-0.3, -0.25) is 4.79 Å². The molecular formula is C27H28ClN5O5. The molecule has 2 atom stereocenters. The van der Waals surface area contributed by atoms with Crippen LogP contribution in [0.1, 0.15) is 47.7 Å². The number of halogens is 1. The maximum Gasteiger partial charge on any atom is 0.305 e. The van der Waals surface area contributed by atoms with Crippen molar-refractivity contribution in [3.63, 3.8) is 0 Å². The molecule has 0 saturated carbocycles. The standard InChI is InChI=1S/C27H28ClN5O5/c1-35-23-8-4-6-18(27(23)37-3)26-19-16-17(28)9-10-20(19)32-14-5-7-21(32)22(38-26)13-15-33-24(29-30-31-33)11-12-25(34)36-2/h4-10,14,16,22,26H,11-13,15H2,1-3H3/t22-,26-/m1/s1. The van der Waals surface area contributed by atoms with Gasteiger partial charge in [0.25, 0.3) is 0 Å². The van der Waals surface area contributed by atoms with Crippen LogP contribution in [0.3, 0.4) is 0 Å². The number of aromatic nitrogens is 5. The molecule has 0 unspecified atom stereocenters. The highest BCUT2D eigenvalue weighted by Crippen LogP contribution is 2.46. The fourth-order valence-electron chi connectivity index (χ4n) is 4.84. The van der Waals surface area contributed by atoms with Crippen LogP contribution in [0, 0.1) is 0 Å². The zero-order chi connectivity index (χ0) is 26.6. The molecule has 0 bridgehead atoms. The lowest BCUT2D eigenvalue weighted by atomic mass is 9.98. The van der Waals surface area contributed by atoms with Crippen LogP contribution in [-0.2, 0) is 27.2 Å². The number of methoxy groups -OCH3 is 3. The molecule has 0 N–H and O–H groups in total. The Bertz CT molecular complexity index is 1430. The van der Waals surface area contributed by atoms with Crippen molar-refractivity contribution in [2.75, 3.05) is 21.3 Å². The molecule has 0 aliphatic carbocycles. The number of fused-ring (bicyclic) bond motifs is 3. The zero-order valence-corrected chi connectivity index (χ0v) is 22.1. The van der Waals surface area contributed by atoms with Crippen LogP contribution in [0.4, 0.5) is 0 Å². The molecule has 0 amide bonds. The Morgan fingerprint density at radius 2 is 1.95 bits per heavy atom. The van der Waals surface area contributed by atoms with Crippen molar-refractivity contribution >= 4 is 17.6 Å². The number of esters is 1. The topological polar surface area (TPSA) is 103 Å². The summed E-state index contributed by atoms with van der Waals surface area (Å²) in [6, 6.07) is 15.6. The third-order valence-corrected chi connectivity index (χ3v) is 6.88. The minimum absolute atomic E-state index is 0.202. The minimum atomic E-state index is -0.494. The van der Waals surface area contributed by atoms with Gasteiger partial charge in [0, 0.05) is 35.3 Å². The highest BCUT2D eigenvalue weighted by atomic mass is 35.5. The van der Waals surface area contributed by atoms with E-state index in [1.807, 2.05) is 54.7 Å². The van der Waals surface area contributed by atoms with Crippen molar-refractivity contribution < 1.29 is 23.7 Å². The van der Waals surface area contributed by atoms with Gasteiger partial charge in [0.1, 0.15) is 12.2 Å². The number of benzene rings is 2. The number of aryl methyl sites for hydroxylation is 2. The fraction of sp³-hybridized carbons (Fsp3) is 0.333. The van der Waals surface area contributed by atoms with Crippen molar-refractivity contribution in [3.8, 4) is 17.2 Å². The van der Waals surface area contributed by atoms with E-state index in [-0.39, 0.29) is 18.5 Å². The molecule has 1 aliphatic heterocycles. The molecular weight excluding hydrogens is 510 g/mol. The number of hydrogen-bond acceptors (Lipinski definition) is 8. The summed E-state index contributed by atoms with van der Waals surface area (Å²) >= 11 is 6.48. The predicted molar refractivity (Wildman–Crippen MR) is 139 cm³/mol. The monoisotopic (exact) mass is 537 g/mol. The first-order valence-corrected chi connectivity index (χ1v) is 12.6. The van der Waals surface area contributed by atoms with E-state index >= 15 is 0 Å². The lowest BCUT2D eigenvalue weighted by Gasteiger charge is -2.25. The first-order chi connectivity index (χ1) is 18.5. The summed E-state index contributed by atoms with van der Waals surface area (Å²) in [5, 5.41) is 12.6. The van der Waals surface area contributed by atoms with Gasteiger partial charge in [0.15, 0.2) is 17.3 Å². The maximum absolute atomic E-state index is 11.6. The van der Waals surface area contributed by atoms with Crippen molar-refractivity contribution in [1.29, 1.82) is 0 Å². The Morgan fingerprint density at radius 3 is 2.74 bits per heavy atom. The van der Waals surface area contributed by atoms with Crippen LogP contribution in [0.2, 0.25) is 5.02 Å². The second-order valence-corrected chi connectivity index (χ2v) is 9.21. The van der Waals surface area contributed by atoms with Gasteiger partial charge in [-0.15, -0.1) is 5.10 Å². The van der Waals surface area contributed by atoms with Gasteiger partial charge in [-0.2, -0.15) is 0 Å². The number of hydrogen-bond donors (Lipinski definition) is 0. The van der Waals surface area contributed by atoms with Gasteiger partial charge in [0.05, 0.1) is 39.1 Å². The molecule has 5 rings (SSSR count). The molecule has 198 valence electrons. The quantitative estimate of drug-likeness (QED) is 0.288. The molecule has 2 aromatic carbocycles. The van der Waals surface area contributed by atoms with E-state index in [0.29, 0.717) is 41.7 Å². The van der Waals surface area contributed by atoms with Crippen LogP contribution < -0.4 is 9.47 Å². The second-order valence-electron chi connectivity index (χ2n) is 8.78. The average molecular weight is 538 g/mol. The molecule has 10 nitrogen and oxygen atoms in total. The number of carbonyl (C=O) groups is 1. The van der Waals surface area contributed by atoms with E-state index in [0.717, 1.165) is 22.5 Å². The van der Waals surface area contributed by atoms with E-state index in [1.54, 1.807) is 18.9 Å². The number of ether oxygens (including phenoxy) is 4. The smallest absolute Gasteiger partial charge is 0.305 e. The van der Waals surface area contributed by atoms with Crippen molar-refractivity contribution in [1.82, 2.24) is 24.8 Å². The molecule has 0 saturated heterocycles. The van der Waals surface area contributed by atoms with Crippen molar-refractivity contribution in [3.05, 3.63) is 82.4 Å². The van der Waals surface area contributed by atoms with Crippen molar-refractivity contribution in [2.24, 2.45) is 0 Å². The number of para-hydroxylation sites is 1. The molecule has 0 spiro atoms. The van der Waals surface area contributed by atoms with E-state index in [2.05, 4.69) is 20.1 Å². The van der Waals surface area contributed by atoms with Crippen LogP contribution in [0.15, 0.2) is 54.7 Å². The molecule has 0 radical (unpaired) electrons. The van der Waals surface area contributed by atoms with Crippen LogP contribution in [0.25, 0.3) is 5.69 Å². The highest BCUT2D eigenvalue weighted by molar-refractivity contribution is 6.30. The van der Waals surface area contributed by atoms with E-state index < -0.39 is 6.10 Å². The molecule has 11 heteroatoms. The molecule has 2 aromatic heterocycles. The Kier molecular flexibility index (Phi) is 7.62. The SMILES string of the molecule is COC(=O)CCc1nnnn1CC[C@H]1O[C@H](c2cccc(OC)c2OC)c2cc(Cl)ccc2-n2cccc21. The van der Waals surface area contributed by atoms with Gasteiger partial charge < -0.3 is 23.5 Å². The summed E-state index contributed by atoms with van der Waals surface area (Å²) in [6.07, 6.45) is 2.36. The number of nitrogens with zero attached hydrogens (tertiary/aromatic N) is 5. The highest BCUT2D eigenvalue weighted by Gasteiger charge is 2.33. The largest absolute Gasteiger partial charge is 0.493 e. The third-order valence-electron chi connectivity index (χ3n) is 6.65. The minimum Gasteiger partial charge on any atom is -0.493 e. The molecule has 0 fully saturated rings. The first-order valence-electron chi connectivity index (χ1n) is 12.2. The summed E-state index contributed by atoms with van der Waals surface area (Å²) in [6.45, 7) is 0.485. The van der Waals surface area contributed by atoms with E-state index in [1.165, 1.54) is 7.11 Å². The second kappa shape index (κ2) is 11.2. The van der Waals surface area contributed by atoms with Crippen molar-refractivity contribution in [2.45, 2.75) is 38.0 Å². The maximum atomic E-state index is 11.6. The summed E-state index contributed by atoms with van der Waals surface area (Å²) in [7, 11) is 4.59. The Balaban J connectivity index is 1.52. The van der Waals surface area contributed by atoms with Gasteiger partial charge >= 0.3 is 5.97 Å². The Labute approximate surface area is 225 Å². The Morgan fingerprint density at radius 1 is 1.08 bits per heavy atom. The van der Waals surface area contributed by atoms with Crippen LogP contribution >= 0.6 is 11.6 Å². The van der Waals surface area contributed by atoms with Crippen LogP contribution in [0.5, 0.6) is 11.5 Å². The van der Waals surface area contributed by atoms with Crippen LogP contribution in [-0.4, -0.2) is 52.1 Å². The predicted octanol–water partition coefficient (Wildman–Crippen LogP) is 4.49. The normalized spacial score (nSPS) is 16.3. The average Bonchev–Trinajstić information content (AvgIpc) is 3.59. The molecule has 3 heterocycles. The summed E-state index contributed by atoms with van der Waals surface area (Å²) in [5.41, 5.74) is 3.69. The van der Waals surface area contributed by atoms with E-state index in [4.69, 9.17) is 30.5 Å². The first kappa shape index (κ1) is 25.7. The number of carbonyl (C=O) groups excluding carboxylic acids is 1.